The number of carbonyl (C=O) groups excluding carboxylic acids is 1. The predicted octanol–water partition coefficient (Wildman–Crippen LogP) is 1.03. The first-order valence-corrected chi connectivity index (χ1v) is 4.81. The number of nitrogens with one attached hydrogen (secondary N) is 1. The highest BCUT2D eigenvalue weighted by Gasteiger charge is 2.38. The summed E-state index contributed by atoms with van der Waals surface area (Å²) in [4.78, 5) is 11.5. The van der Waals surface area contributed by atoms with Gasteiger partial charge in [-0.05, 0) is 40.5 Å². The molecule has 3 heteroatoms. The molecule has 1 saturated heterocycles. The van der Waals surface area contributed by atoms with E-state index in [0.717, 1.165) is 12.8 Å². The van der Waals surface area contributed by atoms with Gasteiger partial charge in [0.1, 0.15) is 0 Å². The van der Waals surface area contributed by atoms with Crippen molar-refractivity contribution < 1.29 is 4.79 Å². The van der Waals surface area contributed by atoms with Gasteiger partial charge in [0, 0.05) is 17.0 Å². The Morgan fingerprint density at radius 1 is 1.62 bits per heavy atom. The van der Waals surface area contributed by atoms with Gasteiger partial charge in [-0.3, -0.25) is 4.79 Å². The molecule has 0 aromatic carbocycles. The summed E-state index contributed by atoms with van der Waals surface area (Å²) < 4.78 is 0. The molecule has 1 rings (SSSR count). The van der Waals surface area contributed by atoms with Crippen molar-refractivity contribution in [2.24, 2.45) is 11.7 Å². The smallest absolute Gasteiger partial charge is 0.223 e. The number of hydrogen-bond acceptors (Lipinski definition) is 2. The van der Waals surface area contributed by atoms with Crippen LogP contribution in [0.2, 0.25) is 0 Å². The number of amides is 1. The minimum Gasteiger partial charge on any atom is -0.351 e. The molecule has 0 aliphatic carbocycles. The summed E-state index contributed by atoms with van der Waals surface area (Å²) in [5, 5.41) is 2.97. The Morgan fingerprint density at radius 3 is 2.46 bits per heavy atom. The largest absolute Gasteiger partial charge is 0.351 e. The van der Waals surface area contributed by atoms with Gasteiger partial charge in [0.15, 0.2) is 0 Å². The zero-order chi connectivity index (χ0) is 10.3. The maximum atomic E-state index is 11.5. The minimum atomic E-state index is -0.248. The van der Waals surface area contributed by atoms with Crippen LogP contribution in [-0.2, 0) is 4.79 Å². The van der Waals surface area contributed by atoms with Crippen molar-refractivity contribution in [3.63, 3.8) is 0 Å². The second-order valence-corrected chi connectivity index (χ2v) is 5.47. The van der Waals surface area contributed by atoms with E-state index < -0.39 is 0 Å². The molecule has 1 heterocycles. The summed E-state index contributed by atoms with van der Waals surface area (Å²) >= 11 is 0. The van der Waals surface area contributed by atoms with Gasteiger partial charge in [-0.25, -0.2) is 0 Å². The molecule has 0 aromatic heterocycles. The van der Waals surface area contributed by atoms with E-state index in [2.05, 4.69) is 19.2 Å². The zero-order valence-electron chi connectivity index (χ0n) is 8.98. The molecule has 1 atom stereocenters. The third-order valence-corrected chi connectivity index (χ3v) is 2.36. The standard InChI is InChI=1S/C10H20N2O/c1-9(2,11)5-7-6-10(3,4)12-8(7)13/h7H,5-6,11H2,1-4H3,(H,12,13). The Bertz CT molecular complexity index is 215. The van der Waals surface area contributed by atoms with Crippen LogP contribution in [0, 0.1) is 5.92 Å². The van der Waals surface area contributed by atoms with E-state index in [1.54, 1.807) is 0 Å². The maximum absolute atomic E-state index is 11.5. The summed E-state index contributed by atoms with van der Waals surface area (Å²) in [5.41, 5.74) is 5.59. The molecule has 0 spiro atoms. The van der Waals surface area contributed by atoms with Crippen LogP contribution in [0.4, 0.5) is 0 Å². The molecule has 13 heavy (non-hydrogen) atoms. The van der Waals surface area contributed by atoms with E-state index in [0.29, 0.717) is 0 Å². The zero-order valence-corrected chi connectivity index (χ0v) is 8.98. The Morgan fingerprint density at radius 2 is 2.15 bits per heavy atom. The van der Waals surface area contributed by atoms with Crippen LogP contribution in [0.3, 0.4) is 0 Å². The topological polar surface area (TPSA) is 55.1 Å². The quantitative estimate of drug-likeness (QED) is 0.673. The van der Waals surface area contributed by atoms with Gasteiger partial charge in [0.2, 0.25) is 5.91 Å². The first kappa shape index (κ1) is 10.5. The lowest BCUT2D eigenvalue weighted by Gasteiger charge is -2.22. The van der Waals surface area contributed by atoms with Crippen molar-refractivity contribution in [1.82, 2.24) is 5.32 Å². The van der Waals surface area contributed by atoms with Crippen molar-refractivity contribution in [3.8, 4) is 0 Å². The van der Waals surface area contributed by atoms with Crippen LogP contribution < -0.4 is 11.1 Å². The highest BCUT2D eigenvalue weighted by atomic mass is 16.2. The molecular weight excluding hydrogens is 164 g/mol. The number of rotatable bonds is 2. The second-order valence-electron chi connectivity index (χ2n) is 5.47. The molecule has 3 N–H and O–H groups in total. The first-order valence-electron chi connectivity index (χ1n) is 4.81. The van der Waals surface area contributed by atoms with Gasteiger partial charge in [0.05, 0.1) is 0 Å². The van der Waals surface area contributed by atoms with Crippen molar-refractivity contribution in [2.75, 3.05) is 0 Å². The van der Waals surface area contributed by atoms with Crippen molar-refractivity contribution in [3.05, 3.63) is 0 Å². The molecule has 3 nitrogen and oxygen atoms in total. The minimum absolute atomic E-state index is 0.0486. The summed E-state index contributed by atoms with van der Waals surface area (Å²) in [7, 11) is 0. The van der Waals surface area contributed by atoms with Gasteiger partial charge >= 0.3 is 0 Å². The summed E-state index contributed by atoms with van der Waals surface area (Å²) in [6.45, 7) is 8.03. The van der Waals surface area contributed by atoms with E-state index in [-0.39, 0.29) is 22.9 Å². The predicted molar refractivity (Wildman–Crippen MR) is 53.2 cm³/mol. The monoisotopic (exact) mass is 184 g/mol. The SMILES string of the molecule is CC(C)(N)CC1CC(C)(C)NC1=O. The van der Waals surface area contributed by atoms with Gasteiger partial charge in [0.25, 0.3) is 0 Å². The van der Waals surface area contributed by atoms with Crippen LogP contribution in [0.25, 0.3) is 0 Å². The summed E-state index contributed by atoms with van der Waals surface area (Å²) in [6, 6.07) is 0. The number of nitrogens with two attached hydrogens (primary N) is 1. The molecule has 1 aliphatic rings. The van der Waals surface area contributed by atoms with E-state index in [1.807, 2.05) is 13.8 Å². The number of carbonyl (C=O) groups is 1. The normalized spacial score (nSPS) is 27.5. The molecule has 1 unspecified atom stereocenters. The van der Waals surface area contributed by atoms with E-state index in [1.165, 1.54) is 0 Å². The molecule has 0 saturated carbocycles. The highest BCUT2D eigenvalue weighted by molar-refractivity contribution is 5.82. The fourth-order valence-electron chi connectivity index (χ4n) is 2.00. The van der Waals surface area contributed by atoms with Gasteiger partial charge < -0.3 is 11.1 Å². The Balaban J connectivity index is 2.59. The molecule has 0 radical (unpaired) electrons. The Labute approximate surface area is 80.1 Å². The molecule has 1 aliphatic heterocycles. The van der Waals surface area contributed by atoms with Crippen molar-refractivity contribution in [1.29, 1.82) is 0 Å². The van der Waals surface area contributed by atoms with E-state index >= 15 is 0 Å². The van der Waals surface area contributed by atoms with Crippen molar-refractivity contribution >= 4 is 5.91 Å². The third-order valence-electron chi connectivity index (χ3n) is 2.36. The maximum Gasteiger partial charge on any atom is 0.223 e. The van der Waals surface area contributed by atoms with Gasteiger partial charge in [-0.15, -0.1) is 0 Å². The molecule has 76 valence electrons. The fraction of sp³-hybridized carbons (Fsp3) is 0.900. The van der Waals surface area contributed by atoms with Crippen LogP contribution in [0.15, 0.2) is 0 Å². The lowest BCUT2D eigenvalue weighted by Crippen LogP contribution is -2.37. The molecular formula is C10H20N2O. The second kappa shape index (κ2) is 2.98. The Kier molecular flexibility index (Phi) is 2.41. The van der Waals surface area contributed by atoms with Crippen LogP contribution in [0.5, 0.6) is 0 Å². The lowest BCUT2D eigenvalue weighted by atomic mass is 9.87. The average Bonchev–Trinajstić information content (AvgIpc) is 2.00. The van der Waals surface area contributed by atoms with Crippen LogP contribution in [0.1, 0.15) is 40.5 Å². The van der Waals surface area contributed by atoms with Crippen molar-refractivity contribution in [2.45, 2.75) is 51.6 Å². The average molecular weight is 184 g/mol. The molecule has 0 aromatic rings. The van der Waals surface area contributed by atoms with E-state index in [9.17, 15) is 4.79 Å². The molecule has 1 amide bonds. The van der Waals surface area contributed by atoms with Crippen LogP contribution >= 0.6 is 0 Å². The summed E-state index contributed by atoms with van der Waals surface area (Å²) in [5.74, 6) is 0.249. The van der Waals surface area contributed by atoms with Gasteiger partial charge in [-0.1, -0.05) is 0 Å². The van der Waals surface area contributed by atoms with Gasteiger partial charge in [-0.2, -0.15) is 0 Å². The molecule has 0 bridgehead atoms. The number of hydrogen-bond donors (Lipinski definition) is 2. The first-order chi connectivity index (χ1) is 5.70. The highest BCUT2D eigenvalue weighted by Crippen LogP contribution is 2.29. The lowest BCUT2D eigenvalue weighted by molar-refractivity contribution is -0.123. The fourth-order valence-corrected chi connectivity index (χ4v) is 2.00. The third kappa shape index (κ3) is 2.99. The van der Waals surface area contributed by atoms with E-state index in [4.69, 9.17) is 5.73 Å². The summed E-state index contributed by atoms with van der Waals surface area (Å²) in [6.07, 6.45) is 1.66. The van der Waals surface area contributed by atoms with Crippen LogP contribution in [-0.4, -0.2) is 17.0 Å². The molecule has 1 fully saturated rings. The Hall–Kier alpha value is -0.570.